The number of rotatable bonds is 3. The van der Waals surface area contributed by atoms with E-state index in [0.717, 1.165) is 42.8 Å². The zero-order valence-corrected chi connectivity index (χ0v) is 18.6. The minimum absolute atomic E-state index is 0.0558. The molecule has 0 aliphatic carbocycles. The van der Waals surface area contributed by atoms with Crippen LogP contribution in [-0.2, 0) is 0 Å². The molecule has 0 saturated heterocycles. The second kappa shape index (κ2) is 7.65. The van der Waals surface area contributed by atoms with E-state index in [1.807, 2.05) is 36.5 Å². The first-order chi connectivity index (χ1) is 14.2. The van der Waals surface area contributed by atoms with Crippen molar-refractivity contribution >= 4 is 49.1 Å². The second-order valence-corrected chi connectivity index (χ2v) is 8.75. The van der Waals surface area contributed by atoms with Crippen LogP contribution >= 0.6 is 31.9 Å². The highest BCUT2D eigenvalue weighted by atomic mass is 79.9. The van der Waals surface area contributed by atoms with Gasteiger partial charge in [0.05, 0.1) is 5.69 Å². The summed E-state index contributed by atoms with van der Waals surface area (Å²) >= 11 is 7.24. The number of benzene rings is 3. The minimum atomic E-state index is -0.0558. The minimum Gasteiger partial charge on any atom is -0.358 e. The molecule has 3 aromatic carbocycles. The van der Waals surface area contributed by atoms with Crippen LogP contribution in [0.25, 0.3) is 11.1 Å². The Bertz CT molecular complexity index is 1140. The Labute approximate surface area is 186 Å². The molecule has 0 amide bonds. The van der Waals surface area contributed by atoms with E-state index in [2.05, 4.69) is 96.7 Å². The summed E-state index contributed by atoms with van der Waals surface area (Å²) in [5.41, 5.74) is 5.52. The van der Waals surface area contributed by atoms with Crippen LogP contribution < -0.4 is 10.2 Å². The average Bonchev–Trinajstić information content (AvgIpc) is 3.13. The molecule has 1 unspecified atom stereocenters. The molecule has 1 aromatic heterocycles. The summed E-state index contributed by atoms with van der Waals surface area (Å²) in [5, 5.41) is 3.69. The monoisotopic (exact) mass is 505 g/mol. The average molecular weight is 507 g/mol. The van der Waals surface area contributed by atoms with Gasteiger partial charge in [-0.3, -0.25) is 4.90 Å². The van der Waals surface area contributed by atoms with Crippen molar-refractivity contribution in [3.05, 3.63) is 106 Å². The number of anilines is 3. The summed E-state index contributed by atoms with van der Waals surface area (Å²) in [4.78, 5) is 7.10. The lowest BCUT2D eigenvalue weighted by molar-refractivity contribution is 0.819. The predicted molar refractivity (Wildman–Crippen MR) is 126 cm³/mol. The Hall–Kier alpha value is -2.63. The topological polar surface area (TPSA) is 28.2 Å². The maximum Gasteiger partial charge on any atom is 0.158 e. The Balaban J connectivity index is 1.63. The van der Waals surface area contributed by atoms with E-state index < -0.39 is 0 Å². The zero-order valence-electron chi connectivity index (χ0n) is 15.4. The highest BCUT2D eigenvalue weighted by Crippen LogP contribution is 2.46. The fourth-order valence-corrected chi connectivity index (χ4v) is 5.03. The molecule has 1 N–H and O–H groups in total. The van der Waals surface area contributed by atoms with Gasteiger partial charge >= 0.3 is 0 Å². The van der Waals surface area contributed by atoms with Gasteiger partial charge in [-0.2, -0.15) is 0 Å². The number of hydrogen-bond donors (Lipinski definition) is 1. The molecule has 1 aliphatic heterocycles. The molecule has 4 aromatic rings. The number of halogens is 2. The standard InChI is InChI=1S/C24H17Br2N3/c25-19-11-17(12-20(26)14-19)23-28-22-13-18(16-7-3-1-4-8-16)15-27-24(22)29(23)21-9-5-2-6-10-21/h1-15,23,28H. The molecule has 1 atom stereocenters. The van der Waals surface area contributed by atoms with E-state index in [9.17, 15) is 0 Å². The fraction of sp³-hybridized carbons (Fsp3) is 0.0417. The highest BCUT2D eigenvalue weighted by Gasteiger charge is 2.33. The van der Waals surface area contributed by atoms with Crippen LogP contribution in [0.3, 0.4) is 0 Å². The third kappa shape index (κ3) is 3.56. The Morgan fingerprint density at radius 3 is 2.10 bits per heavy atom. The van der Waals surface area contributed by atoms with Gasteiger partial charge in [-0.25, -0.2) is 4.98 Å². The van der Waals surface area contributed by atoms with Crippen LogP contribution in [0.2, 0.25) is 0 Å². The van der Waals surface area contributed by atoms with Gasteiger partial charge < -0.3 is 5.32 Å². The number of nitrogens with zero attached hydrogens (tertiary/aromatic N) is 2. The Kier molecular flexibility index (Phi) is 4.86. The smallest absolute Gasteiger partial charge is 0.158 e. The molecule has 2 heterocycles. The first-order valence-electron chi connectivity index (χ1n) is 9.31. The van der Waals surface area contributed by atoms with Crippen molar-refractivity contribution in [3.8, 4) is 11.1 Å². The van der Waals surface area contributed by atoms with E-state index >= 15 is 0 Å². The third-order valence-corrected chi connectivity index (χ3v) is 5.90. The van der Waals surface area contributed by atoms with Crippen molar-refractivity contribution in [2.24, 2.45) is 0 Å². The highest BCUT2D eigenvalue weighted by molar-refractivity contribution is 9.11. The quantitative estimate of drug-likeness (QED) is 0.311. The van der Waals surface area contributed by atoms with E-state index in [1.54, 1.807) is 0 Å². The molecule has 3 nitrogen and oxygen atoms in total. The predicted octanol–water partition coefficient (Wildman–Crippen LogP) is 7.54. The normalized spacial score (nSPS) is 15.1. The fourth-order valence-electron chi connectivity index (χ4n) is 3.70. The zero-order chi connectivity index (χ0) is 19.8. The lowest BCUT2D eigenvalue weighted by Crippen LogP contribution is -2.23. The number of aromatic nitrogens is 1. The SMILES string of the molecule is Brc1cc(Br)cc(C2Nc3cc(-c4ccccc4)cnc3N2c2ccccc2)c1. The molecule has 0 radical (unpaired) electrons. The summed E-state index contributed by atoms with van der Waals surface area (Å²) < 4.78 is 2.07. The van der Waals surface area contributed by atoms with Crippen molar-refractivity contribution in [1.82, 2.24) is 4.98 Å². The molecule has 142 valence electrons. The van der Waals surface area contributed by atoms with Gasteiger partial charge in [0.25, 0.3) is 0 Å². The molecule has 0 bridgehead atoms. The molecule has 5 rings (SSSR count). The molecular weight excluding hydrogens is 490 g/mol. The van der Waals surface area contributed by atoms with Gasteiger partial charge in [0.1, 0.15) is 6.17 Å². The molecule has 5 heteroatoms. The molecular formula is C24H17Br2N3. The molecule has 1 aliphatic rings. The summed E-state index contributed by atoms with van der Waals surface area (Å²) in [6.07, 6.45) is 1.89. The third-order valence-electron chi connectivity index (χ3n) is 4.99. The van der Waals surface area contributed by atoms with Gasteiger partial charge in [0, 0.05) is 26.4 Å². The summed E-state index contributed by atoms with van der Waals surface area (Å²) in [5.74, 6) is 0.928. The van der Waals surface area contributed by atoms with Crippen LogP contribution in [-0.4, -0.2) is 4.98 Å². The van der Waals surface area contributed by atoms with E-state index in [1.165, 1.54) is 0 Å². The molecule has 0 saturated carbocycles. The largest absolute Gasteiger partial charge is 0.358 e. The lowest BCUT2D eigenvalue weighted by Gasteiger charge is -2.26. The van der Waals surface area contributed by atoms with E-state index in [-0.39, 0.29) is 6.17 Å². The van der Waals surface area contributed by atoms with Crippen molar-refractivity contribution in [1.29, 1.82) is 0 Å². The number of pyridine rings is 1. The van der Waals surface area contributed by atoms with Crippen molar-refractivity contribution in [2.75, 3.05) is 10.2 Å². The van der Waals surface area contributed by atoms with Gasteiger partial charge in [-0.15, -0.1) is 0 Å². The number of hydrogen-bond acceptors (Lipinski definition) is 3. The van der Waals surface area contributed by atoms with Crippen LogP contribution in [0.4, 0.5) is 17.2 Å². The lowest BCUT2D eigenvalue weighted by atomic mass is 10.1. The van der Waals surface area contributed by atoms with Gasteiger partial charge in [0.15, 0.2) is 5.82 Å². The summed E-state index contributed by atoms with van der Waals surface area (Å²) in [6, 6.07) is 29.2. The number of fused-ring (bicyclic) bond motifs is 1. The molecule has 0 fully saturated rings. The second-order valence-electron chi connectivity index (χ2n) is 6.92. The van der Waals surface area contributed by atoms with Crippen LogP contribution in [0.15, 0.2) is 100 Å². The van der Waals surface area contributed by atoms with Gasteiger partial charge in [-0.05, 0) is 47.5 Å². The first kappa shape index (κ1) is 18.4. The number of nitrogens with one attached hydrogen (secondary N) is 1. The summed E-state index contributed by atoms with van der Waals surface area (Å²) in [7, 11) is 0. The van der Waals surface area contributed by atoms with Crippen LogP contribution in [0.5, 0.6) is 0 Å². The van der Waals surface area contributed by atoms with Gasteiger partial charge in [-0.1, -0.05) is 80.4 Å². The van der Waals surface area contributed by atoms with E-state index in [0.29, 0.717) is 0 Å². The Morgan fingerprint density at radius 1 is 0.759 bits per heavy atom. The van der Waals surface area contributed by atoms with E-state index in [4.69, 9.17) is 4.98 Å². The number of para-hydroxylation sites is 1. The van der Waals surface area contributed by atoms with Crippen LogP contribution in [0.1, 0.15) is 11.7 Å². The molecule has 29 heavy (non-hydrogen) atoms. The van der Waals surface area contributed by atoms with Crippen LogP contribution in [0, 0.1) is 0 Å². The van der Waals surface area contributed by atoms with Gasteiger partial charge in [0.2, 0.25) is 0 Å². The maximum atomic E-state index is 4.85. The first-order valence-corrected chi connectivity index (χ1v) is 10.9. The summed E-state index contributed by atoms with van der Waals surface area (Å²) in [6.45, 7) is 0. The van der Waals surface area contributed by atoms with Crippen molar-refractivity contribution in [3.63, 3.8) is 0 Å². The Morgan fingerprint density at radius 2 is 1.41 bits per heavy atom. The maximum absolute atomic E-state index is 4.85. The van der Waals surface area contributed by atoms with Crippen molar-refractivity contribution < 1.29 is 0 Å². The van der Waals surface area contributed by atoms with Crippen molar-refractivity contribution in [2.45, 2.75) is 6.17 Å². The molecule has 0 spiro atoms.